The average Bonchev–Trinajstić information content (AvgIpc) is 2.34. The van der Waals surface area contributed by atoms with Gasteiger partial charge >= 0.3 is 0 Å². The molecule has 6 heteroatoms. The molecule has 0 amide bonds. The average molecular weight is 358 g/mol. The number of rotatable bonds is 3. The molecule has 0 saturated carbocycles. The second-order valence-electron chi connectivity index (χ2n) is 3.40. The Morgan fingerprint density at radius 3 is 2.65 bits per heavy atom. The summed E-state index contributed by atoms with van der Waals surface area (Å²) < 4.78 is 1.96. The monoisotopic (exact) mass is 356 g/mol. The van der Waals surface area contributed by atoms with Crippen molar-refractivity contribution in [1.29, 1.82) is 0 Å². The Hall–Kier alpha value is -0.820. The predicted octanol–water partition coefficient (Wildman–Crippen LogP) is 2.55. The van der Waals surface area contributed by atoms with Crippen LogP contribution in [-0.4, -0.2) is 9.97 Å². The third-order valence-corrected chi connectivity index (χ3v) is 3.50. The van der Waals surface area contributed by atoms with E-state index in [9.17, 15) is 0 Å². The molecule has 1 heterocycles. The molecule has 0 aliphatic rings. The van der Waals surface area contributed by atoms with Crippen LogP contribution in [0, 0.1) is 0 Å². The van der Waals surface area contributed by atoms with Gasteiger partial charge in [-0.2, -0.15) is 0 Å². The van der Waals surface area contributed by atoms with Crippen LogP contribution < -0.4 is 11.3 Å². The fourth-order valence-corrected chi connectivity index (χ4v) is 2.81. The molecule has 1 unspecified atom stereocenters. The molecule has 0 fully saturated rings. The molecule has 2 aromatic rings. The zero-order valence-corrected chi connectivity index (χ0v) is 11.9. The number of hydrogen-bond donors (Lipinski definition) is 2. The highest BCUT2D eigenvalue weighted by atomic mass is 79.9. The van der Waals surface area contributed by atoms with Gasteiger partial charge in [0.05, 0.1) is 17.9 Å². The van der Waals surface area contributed by atoms with Crippen LogP contribution in [0.5, 0.6) is 0 Å². The van der Waals surface area contributed by atoms with Gasteiger partial charge in [0, 0.05) is 21.3 Å². The number of nitrogens with zero attached hydrogens (tertiary/aromatic N) is 2. The maximum absolute atomic E-state index is 5.59. The smallest absolute Gasteiger partial charge is 0.0907 e. The molecule has 0 aliphatic carbocycles. The third-order valence-electron chi connectivity index (χ3n) is 2.32. The summed E-state index contributed by atoms with van der Waals surface area (Å²) in [5.74, 6) is 5.59. The van der Waals surface area contributed by atoms with E-state index < -0.39 is 0 Å². The summed E-state index contributed by atoms with van der Waals surface area (Å²) in [6.07, 6.45) is 4.97. The molecule has 0 saturated heterocycles. The number of aromatic nitrogens is 2. The lowest BCUT2D eigenvalue weighted by atomic mass is 10.1. The lowest BCUT2D eigenvalue weighted by Gasteiger charge is -2.17. The summed E-state index contributed by atoms with van der Waals surface area (Å²) in [6.45, 7) is 0. The molecule has 17 heavy (non-hydrogen) atoms. The van der Waals surface area contributed by atoms with Crippen LogP contribution >= 0.6 is 31.9 Å². The van der Waals surface area contributed by atoms with Gasteiger partial charge in [0.25, 0.3) is 0 Å². The van der Waals surface area contributed by atoms with E-state index in [4.69, 9.17) is 5.84 Å². The van der Waals surface area contributed by atoms with E-state index in [1.807, 2.05) is 18.2 Å². The Balaban J connectivity index is 2.42. The predicted molar refractivity (Wildman–Crippen MR) is 73.0 cm³/mol. The van der Waals surface area contributed by atoms with Crippen molar-refractivity contribution in [2.75, 3.05) is 0 Å². The zero-order chi connectivity index (χ0) is 12.3. The minimum Gasteiger partial charge on any atom is -0.271 e. The van der Waals surface area contributed by atoms with Crippen LogP contribution in [0.2, 0.25) is 0 Å². The lowest BCUT2D eigenvalue weighted by Crippen LogP contribution is -2.29. The minimum atomic E-state index is -0.189. The zero-order valence-electron chi connectivity index (χ0n) is 8.77. The molecular weight excluding hydrogens is 348 g/mol. The first-order valence-corrected chi connectivity index (χ1v) is 6.48. The Labute approximate surface area is 116 Å². The number of nitrogens with one attached hydrogen (secondary N) is 1. The molecule has 88 valence electrons. The second kappa shape index (κ2) is 5.68. The van der Waals surface area contributed by atoms with Gasteiger partial charge < -0.3 is 0 Å². The first-order chi connectivity index (χ1) is 8.22. The van der Waals surface area contributed by atoms with Crippen LogP contribution in [0.3, 0.4) is 0 Å². The van der Waals surface area contributed by atoms with E-state index in [1.165, 1.54) is 0 Å². The quantitative estimate of drug-likeness (QED) is 0.654. The molecule has 1 aromatic heterocycles. The number of nitrogens with two attached hydrogens (primary N) is 1. The summed E-state index contributed by atoms with van der Waals surface area (Å²) in [7, 11) is 0. The molecule has 1 atom stereocenters. The van der Waals surface area contributed by atoms with Crippen molar-refractivity contribution in [2.45, 2.75) is 6.04 Å². The van der Waals surface area contributed by atoms with Crippen LogP contribution in [0.4, 0.5) is 0 Å². The standard InChI is InChI=1S/C11H10Br2N4/c12-7-1-2-8(9(13)5-7)11(17-14)10-6-15-3-4-16-10/h1-6,11,17H,14H2. The van der Waals surface area contributed by atoms with Crippen molar-refractivity contribution in [3.8, 4) is 0 Å². The van der Waals surface area contributed by atoms with Crippen LogP contribution in [0.1, 0.15) is 17.3 Å². The van der Waals surface area contributed by atoms with Gasteiger partial charge in [-0.3, -0.25) is 15.8 Å². The number of hydrazine groups is 1. The summed E-state index contributed by atoms with van der Waals surface area (Å²) >= 11 is 6.93. The van der Waals surface area contributed by atoms with Gasteiger partial charge in [-0.1, -0.05) is 37.9 Å². The van der Waals surface area contributed by atoms with Gasteiger partial charge in [-0.05, 0) is 17.7 Å². The van der Waals surface area contributed by atoms with Gasteiger partial charge in [0.2, 0.25) is 0 Å². The van der Waals surface area contributed by atoms with Crippen molar-refractivity contribution in [3.63, 3.8) is 0 Å². The van der Waals surface area contributed by atoms with E-state index in [0.29, 0.717) is 0 Å². The summed E-state index contributed by atoms with van der Waals surface area (Å²) in [6, 6.07) is 5.72. The highest BCUT2D eigenvalue weighted by molar-refractivity contribution is 9.11. The Bertz CT molecular complexity index is 504. The first kappa shape index (κ1) is 12.6. The van der Waals surface area contributed by atoms with E-state index >= 15 is 0 Å². The second-order valence-corrected chi connectivity index (χ2v) is 5.17. The highest BCUT2D eigenvalue weighted by Gasteiger charge is 2.16. The molecule has 3 N–H and O–H groups in total. The first-order valence-electron chi connectivity index (χ1n) is 4.89. The maximum Gasteiger partial charge on any atom is 0.0907 e. The van der Waals surface area contributed by atoms with Gasteiger partial charge in [0.1, 0.15) is 0 Å². The van der Waals surface area contributed by atoms with Crippen LogP contribution in [-0.2, 0) is 0 Å². The van der Waals surface area contributed by atoms with Crippen molar-refractivity contribution < 1.29 is 0 Å². The van der Waals surface area contributed by atoms with E-state index in [-0.39, 0.29) is 6.04 Å². The van der Waals surface area contributed by atoms with Crippen molar-refractivity contribution in [2.24, 2.45) is 5.84 Å². The molecule has 0 spiro atoms. The topological polar surface area (TPSA) is 63.8 Å². The third kappa shape index (κ3) is 2.90. The van der Waals surface area contributed by atoms with Crippen molar-refractivity contribution in [3.05, 3.63) is 57.0 Å². The molecule has 0 bridgehead atoms. The highest BCUT2D eigenvalue weighted by Crippen LogP contribution is 2.29. The fraction of sp³-hybridized carbons (Fsp3) is 0.0909. The Morgan fingerprint density at radius 1 is 1.24 bits per heavy atom. The number of benzene rings is 1. The Morgan fingerprint density at radius 2 is 2.06 bits per heavy atom. The molecular formula is C11H10Br2N4. The summed E-state index contributed by atoms with van der Waals surface area (Å²) in [5, 5.41) is 0. The van der Waals surface area contributed by atoms with Crippen LogP contribution in [0.15, 0.2) is 45.7 Å². The van der Waals surface area contributed by atoms with E-state index in [2.05, 4.69) is 47.3 Å². The normalized spacial score (nSPS) is 12.4. The van der Waals surface area contributed by atoms with Crippen LogP contribution in [0.25, 0.3) is 0 Å². The SMILES string of the molecule is NNC(c1cnccn1)c1ccc(Br)cc1Br. The molecule has 4 nitrogen and oxygen atoms in total. The lowest BCUT2D eigenvalue weighted by molar-refractivity contribution is 0.615. The Kier molecular flexibility index (Phi) is 4.22. The van der Waals surface area contributed by atoms with Gasteiger partial charge in [-0.15, -0.1) is 0 Å². The van der Waals surface area contributed by atoms with E-state index in [1.54, 1.807) is 18.6 Å². The van der Waals surface area contributed by atoms with Gasteiger partial charge in [0.15, 0.2) is 0 Å². The van der Waals surface area contributed by atoms with Gasteiger partial charge in [-0.25, -0.2) is 5.43 Å². The molecule has 1 aromatic carbocycles. The molecule has 0 aliphatic heterocycles. The molecule has 0 radical (unpaired) electrons. The number of halogens is 2. The minimum absolute atomic E-state index is 0.189. The fourth-order valence-electron chi connectivity index (χ4n) is 1.53. The maximum atomic E-state index is 5.59. The summed E-state index contributed by atoms with van der Waals surface area (Å²) in [5.41, 5.74) is 4.53. The van der Waals surface area contributed by atoms with Crippen molar-refractivity contribution >= 4 is 31.9 Å². The van der Waals surface area contributed by atoms with Crippen molar-refractivity contribution in [1.82, 2.24) is 15.4 Å². The largest absolute Gasteiger partial charge is 0.271 e. The summed E-state index contributed by atoms with van der Waals surface area (Å²) in [4.78, 5) is 8.30. The van der Waals surface area contributed by atoms with E-state index in [0.717, 1.165) is 20.2 Å². The molecule has 2 rings (SSSR count). The number of hydrogen-bond acceptors (Lipinski definition) is 4.